The van der Waals surface area contributed by atoms with Crippen molar-refractivity contribution >= 4 is 5.91 Å². The van der Waals surface area contributed by atoms with Crippen LogP contribution in [0.2, 0.25) is 0 Å². The molecular weight excluding hydrogens is 526 g/mol. The summed E-state index contributed by atoms with van der Waals surface area (Å²) in [7, 11) is 0. The van der Waals surface area contributed by atoms with E-state index >= 15 is 0 Å². The molecule has 5 unspecified atom stereocenters. The van der Waals surface area contributed by atoms with E-state index in [1.807, 2.05) is 18.2 Å². The summed E-state index contributed by atoms with van der Waals surface area (Å²) >= 11 is 0. The van der Waals surface area contributed by atoms with Crippen molar-refractivity contribution in [1.82, 2.24) is 9.80 Å². The van der Waals surface area contributed by atoms with E-state index in [1.165, 1.54) is 23.3 Å². The SMILES string of the molecule is C=CC(F)(F)c1cccc(CN2C[C@H]3C4=C5CC6(Cc7ccccc7)C5N3[C@H](C2=O)C6C2(/C=C(O)\C(O)=C/4)CO2)c1. The molecule has 0 radical (unpaired) electrons. The standard InChI is InChI=1S/C33H30F2N2O4/c1-2-33(34,35)21-10-6-9-20(11-21)16-36-17-24-22-12-25(38)26(39)15-32(18-41-32)28-27(30(36)40)37(24)29-23(22)14-31(28,29)13-19-7-4-3-5-8-19/h2-12,15,24,27-29,38-39H,1,13-14,16-18H2/b25-12+,26-15+/t24-,27-,28?,29?,31?,32?/m0/s1. The molecule has 4 fully saturated rings. The van der Waals surface area contributed by atoms with Gasteiger partial charge >= 0.3 is 0 Å². The van der Waals surface area contributed by atoms with Crippen molar-refractivity contribution in [2.24, 2.45) is 11.3 Å². The van der Waals surface area contributed by atoms with Gasteiger partial charge in [-0.2, -0.15) is 8.78 Å². The van der Waals surface area contributed by atoms with Gasteiger partial charge in [-0.25, -0.2) is 0 Å². The lowest BCUT2D eigenvalue weighted by Gasteiger charge is -2.51. The van der Waals surface area contributed by atoms with Crippen LogP contribution in [0.3, 0.4) is 0 Å². The van der Waals surface area contributed by atoms with Crippen LogP contribution in [0.25, 0.3) is 0 Å². The van der Waals surface area contributed by atoms with Crippen LogP contribution < -0.4 is 0 Å². The zero-order valence-corrected chi connectivity index (χ0v) is 22.3. The lowest BCUT2D eigenvalue weighted by atomic mass is 9.51. The van der Waals surface area contributed by atoms with Gasteiger partial charge in [-0.15, -0.1) is 0 Å². The van der Waals surface area contributed by atoms with Crippen molar-refractivity contribution in [2.45, 2.75) is 49.0 Å². The van der Waals surface area contributed by atoms with E-state index in [0.29, 0.717) is 24.8 Å². The van der Waals surface area contributed by atoms with Gasteiger partial charge in [-0.05, 0) is 59.4 Å². The molecule has 1 spiro atoms. The van der Waals surface area contributed by atoms with Gasteiger partial charge in [0.2, 0.25) is 5.91 Å². The lowest BCUT2D eigenvalue weighted by molar-refractivity contribution is -0.145. The van der Waals surface area contributed by atoms with E-state index in [2.05, 4.69) is 23.6 Å². The molecule has 2 aromatic carbocycles. The summed E-state index contributed by atoms with van der Waals surface area (Å²) in [4.78, 5) is 18.6. The molecule has 6 nitrogen and oxygen atoms in total. The minimum absolute atomic E-state index is 0.0391. The Hall–Kier alpha value is -3.75. The van der Waals surface area contributed by atoms with Crippen molar-refractivity contribution in [3.63, 3.8) is 0 Å². The molecule has 5 heterocycles. The van der Waals surface area contributed by atoms with Gasteiger partial charge in [0, 0.05) is 36.0 Å². The third-order valence-corrected chi connectivity index (χ3v) is 10.3. The first-order valence-electron chi connectivity index (χ1n) is 14.1. The molecule has 0 aromatic heterocycles. The lowest BCUT2D eigenvalue weighted by Crippen LogP contribution is -2.61. The van der Waals surface area contributed by atoms with E-state index in [0.717, 1.165) is 18.4 Å². The first kappa shape index (κ1) is 25.0. The van der Waals surface area contributed by atoms with E-state index < -0.39 is 17.6 Å². The number of allylic oxidation sites excluding steroid dienone is 1. The number of hydrogen-bond acceptors (Lipinski definition) is 5. The first-order valence-corrected chi connectivity index (χ1v) is 14.1. The molecule has 2 N–H and O–H groups in total. The number of halogens is 2. The topological polar surface area (TPSA) is 76.5 Å². The second-order valence-corrected chi connectivity index (χ2v) is 12.4. The molecular formula is C33H30F2N2O4. The number of carbonyl (C=O) groups excluding carboxylic acids is 1. The summed E-state index contributed by atoms with van der Waals surface area (Å²) in [6.45, 7) is 4.18. The normalized spacial score (nSPS) is 38.8. The van der Waals surface area contributed by atoms with Gasteiger partial charge < -0.3 is 19.8 Å². The maximum absolute atomic E-state index is 14.5. The molecule has 8 heteroatoms. The van der Waals surface area contributed by atoms with Crippen LogP contribution in [0.15, 0.2) is 102 Å². The fourth-order valence-corrected chi connectivity index (χ4v) is 8.63. The zero-order chi connectivity index (χ0) is 28.3. The number of piperazine rings is 1. The number of fused-ring (bicyclic) bond motifs is 1. The van der Waals surface area contributed by atoms with Crippen molar-refractivity contribution in [3.05, 3.63) is 119 Å². The zero-order valence-electron chi connectivity index (χ0n) is 22.3. The Morgan fingerprint density at radius 3 is 2.59 bits per heavy atom. The number of benzene rings is 2. The Bertz CT molecular complexity index is 1590. The number of epoxide rings is 1. The number of aliphatic hydroxyl groups excluding tert-OH is 2. The fourth-order valence-electron chi connectivity index (χ4n) is 8.63. The summed E-state index contributed by atoms with van der Waals surface area (Å²) in [5.41, 5.74) is 2.63. The van der Waals surface area contributed by atoms with Gasteiger partial charge in [-0.1, -0.05) is 55.1 Å². The average molecular weight is 557 g/mol. The molecule has 41 heavy (non-hydrogen) atoms. The minimum atomic E-state index is -3.17. The van der Waals surface area contributed by atoms with Crippen LogP contribution in [-0.4, -0.2) is 62.8 Å². The predicted octanol–water partition coefficient (Wildman–Crippen LogP) is 4.95. The van der Waals surface area contributed by atoms with Gasteiger partial charge in [0.15, 0.2) is 11.5 Å². The van der Waals surface area contributed by atoms with E-state index in [9.17, 15) is 23.8 Å². The highest BCUT2D eigenvalue weighted by atomic mass is 19.3. The van der Waals surface area contributed by atoms with E-state index in [4.69, 9.17) is 4.74 Å². The fraction of sp³-hybridized carbons (Fsp3) is 0.364. The molecule has 2 aliphatic carbocycles. The number of alkyl halides is 2. The van der Waals surface area contributed by atoms with Crippen molar-refractivity contribution < 1.29 is 28.5 Å². The average Bonchev–Trinajstić information content (AvgIpc) is 3.62. The Labute approximate surface area is 236 Å². The molecule has 1 saturated carbocycles. The second-order valence-electron chi connectivity index (χ2n) is 12.4. The Balaban J connectivity index is 1.24. The van der Waals surface area contributed by atoms with Crippen LogP contribution in [0.1, 0.15) is 23.1 Å². The molecule has 1 amide bonds. The second kappa shape index (κ2) is 8.17. The summed E-state index contributed by atoms with van der Waals surface area (Å²) in [6, 6.07) is 15.8. The number of amides is 1. The molecule has 7 aliphatic rings. The molecule has 210 valence electrons. The quantitative estimate of drug-likeness (QED) is 0.389. The minimum Gasteiger partial charge on any atom is -0.504 e. The number of nitrogens with zero attached hydrogens (tertiary/aromatic N) is 2. The third-order valence-electron chi connectivity index (χ3n) is 10.3. The largest absolute Gasteiger partial charge is 0.504 e. The van der Waals surface area contributed by atoms with Gasteiger partial charge in [0.05, 0.1) is 18.7 Å². The Kier molecular flexibility index (Phi) is 4.98. The van der Waals surface area contributed by atoms with E-state index in [1.54, 1.807) is 29.2 Å². The highest BCUT2D eigenvalue weighted by Crippen LogP contribution is 2.72. The number of hydrogen-bond donors (Lipinski definition) is 2. The monoisotopic (exact) mass is 556 g/mol. The number of rotatable bonds is 6. The van der Waals surface area contributed by atoms with Gasteiger partial charge in [0.25, 0.3) is 5.92 Å². The van der Waals surface area contributed by atoms with Crippen LogP contribution in [0, 0.1) is 11.3 Å². The maximum atomic E-state index is 14.5. The maximum Gasteiger partial charge on any atom is 0.291 e. The molecule has 9 rings (SSSR count). The summed E-state index contributed by atoms with van der Waals surface area (Å²) in [6.07, 6.45) is 5.45. The van der Waals surface area contributed by atoms with Crippen LogP contribution in [-0.2, 0) is 28.4 Å². The molecule has 5 aliphatic heterocycles. The third kappa shape index (κ3) is 3.32. The highest BCUT2D eigenvalue weighted by molar-refractivity contribution is 5.86. The van der Waals surface area contributed by atoms with Gasteiger partial charge in [0.1, 0.15) is 5.60 Å². The summed E-state index contributed by atoms with van der Waals surface area (Å²) in [5, 5.41) is 21.7. The molecule has 7 bridgehead atoms. The summed E-state index contributed by atoms with van der Waals surface area (Å²) in [5.74, 6) is -3.90. The first-order chi connectivity index (χ1) is 19.7. The highest BCUT2D eigenvalue weighted by Gasteiger charge is 2.79. The van der Waals surface area contributed by atoms with Crippen molar-refractivity contribution in [3.8, 4) is 0 Å². The molecule has 3 saturated heterocycles. The van der Waals surface area contributed by atoms with Crippen molar-refractivity contribution in [2.75, 3.05) is 13.2 Å². The van der Waals surface area contributed by atoms with Crippen LogP contribution in [0.5, 0.6) is 0 Å². The molecule has 7 atom stereocenters. The van der Waals surface area contributed by atoms with Gasteiger partial charge in [-0.3, -0.25) is 9.69 Å². The number of aliphatic hydroxyl groups is 2. The molecule has 2 aromatic rings. The number of ether oxygens (including phenoxy) is 1. The Morgan fingerprint density at radius 2 is 1.85 bits per heavy atom. The Morgan fingerprint density at radius 1 is 1.10 bits per heavy atom. The smallest absolute Gasteiger partial charge is 0.291 e. The van der Waals surface area contributed by atoms with Crippen LogP contribution in [0.4, 0.5) is 8.78 Å². The van der Waals surface area contributed by atoms with E-state index in [-0.39, 0.29) is 53.0 Å². The van der Waals surface area contributed by atoms with Crippen molar-refractivity contribution in [1.29, 1.82) is 0 Å². The number of carbonyl (C=O) groups is 1. The predicted molar refractivity (Wildman–Crippen MR) is 147 cm³/mol. The summed E-state index contributed by atoms with van der Waals surface area (Å²) < 4.78 is 34.9. The van der Waals surface area contributed by atoms with Crippen LogP contribution >= 0.6 is 0 Å².